The molecular formula is C99H126N18O21S. The summed E-state index contributed by atoms with van der Waals surface area (Å²) in [6.07, 6.45) is -2.17. The summed E-state index contributed by atoms with van der Waals surface area (Å²) in [5.74, 6) is -22.7. The van der Waals surface area contributed by atoms with E-state index in [1.165, 1.54) is 63.9 Å². The number of primary amides is 2. The minimum Gasteiger partial charge on any atom is -0.508 e. The number of nitrogens with two attached hydrogens (primary N) is 2. The molecule has 0 bridgehead atoms. The number of aromatic hydroxyl groups is 1. The van der Waals surface area contributed by atoms with Crippen LogP contribution in [0.15, 0.2) is 164 Å². The van der Waals surface area contributed by atoms with Crippen molar-refractivity contribution in [3.8, 4) is 16.9 Å². The van der Waals surface area contributed by atoms with Crippen molar-refractivity contribution in [1.29, 1.82) is 0 Å². The Kier molecular flexibility index (Phi) is 39.7. The van der Waals surface area contributed by atoms with Crippen molar-refractivity contribution in [1.82, 2.24) is 83.9 Å². The Morgan fingerprint density at radius 2 is 0.885 bits per heavy atom. The Labute approximate surface area is 809 Å². The van der Waals surface area contributed by atoms with Crippen LogP contribution in [0, 0.1) is 23.7 Å². The number of fused-ring (bicyclic) bond motifs is 3. The lowest BCUT2D eigenvalue weighted by Gasteiger charge is -2.40. The molecule has 2 aliphatic heterocycles. The normalized spacial score (nSPS) is 23.4. The van der Waals surface area contributed by atoms with E-state index in [2.05, 4.69) is 74.1 Å². The predicted octanol–water partition coefficient (Wildman–Crippen LogP) is 0.912. The Morgan fingerprint density at radius 1 is 0.453 bits per heavy atom. The number of amides is 17. The summed E-state index contributed by atoms with van der Waals surface area (Å²) in [4.78, 5) is 269. The van der Waals surface area contributed by atoms with E-state index in [-0.39, 0.29) is 50.8 Å². The zero-order valence-electron chi connectivity index (χ0n) is 79.4. The molecule has 1 fully saturated rings. The monoisotopic (exact) mass is 1930 g/mol. The molecule has 9 rings (SSSR count). The maximum Gasteiger partial charge on any atom is 0.305 e. The lowest BCUT2D eigenvalue weighted by Crippen LogP contribution is -2.63. The Bertz CT molecular complexity index is 5570. The van der Waals surface area contributed by atoms with Gasteiger partial charge in [0.2, 0.25) is 100 Å². The largest absolute Gasteiger partial charge is 0.508 e. The third-order valence-corrected chi connectivity index (χ3v) is 24.9. The van der Waals surface area contributed by atoms with Gasteiger partial charge in [-0.3, -0.25) is 86.3 Å². The summed E-state index contributed by atoms with van der Waals surface area (Å²) in [6.45, 7) is 14.4. The van der Waals surface area contributed by atoms with Crippen molar-refractivity contribution in [2.75, 3.05) is 25.2 Å². The first-order chi connectivity index (χ1) is 65.9. The molecule has 39 nitrogen and oxygen atoms in total. The molecule has 3 heterocycles. The second kappa shape index (κ2) is 51.0. The molecule has 7 aromatic rings. The van der Waals surface area contributed by atoms with Gasteiger partial charge in [-0.2, -0.15) is 0 Å². The van der Waals surface area contributed by atoms with Crippen molar-refractivity contribution in [2.24, 2.45) is 35.1 Å². The molecule has 17 amide bonds. The van der Waals surface area contributed by atoms with Crippen molar-refractivity contribution in [2.45, 2.75) is 224 Å². The van der Waals surface area contributed by atoms with Crippen molar-refractivity contribution in [3.05, 3.63) is 197 Å². The van der Waals surface area contributed by atoms with Gasteiger partial charge in [0.25, 0.3) is 0 Å². The highest BCUT2D eigenvalue weighted by Crippen LogP contribution is 2.28. The van der Waals surface area contributed by atoms with Crippen LogP contribution in [0.4, 0.5) is 0 Å². The molecule has 1 aromatic heterocycles. The second-order valence-electron chi connectivity index (χ2n) is 36.5. The second-order valence-corrected chi connectivity index (χ2v) is 37.5. The van der Waals surface area contributed by atoms with Crippen LogP contribution in [0.25, 0.3) is 22.0 Å². The number of rotatable bonds is 23. The fraction of sp³-hybridized carbons (Fsp3) is 0.434. The quantitative estimate of drug-likeness (QED) is 0.0423. The molecule has 1 saturated heterocycles. The number of carboxylic acid groups (broad SMARTS) is 1. The van der Waals surface area contributed by atoms with Crippen molar-refractivity contribution in [3.63, 3.8) is 0 Å². The van der Waals surface area contributed by atoms with E-state index in [9.17, 15) is 58.5 Å². The number of phenols is 1. The number of carboxylic acids is 1. The molecule has 15 atom stereocenters. The zero-order chi connectivity index (χ0) is 102. The summed E-state index contributed by atoms with van der Waals surface area (Å²) in [5, 5.41) is 66.0. The standard InChI is InChI=1S/C99H126N18O21S/c1-52(2)38-69-86(125)108-73(41-59-30-34-62(35-31-59)61-24-16-13-17-25-61)93(132)115-84(55(7)8)99(138)116(11)57(10)98(137)117-48-64-27-19-18-26-63(64)44-79(117)96(135)111-75(45-80(100)120)90(129)106-70(39-53(3)4)92(131)114-83(54(5)6)97(136)112-77(49-118)94(133)113-78(95(134)103-56(9)85(101)124)50-139-51-81(121)104-71(40-58-22-14-12-15-23-58)87(126)107-72(42-60-32-36-66(119)37-33-60)88(127)110-76(46-82(122)123)91(130)109-74(89(128)105-69)43-65-47-102-68-29-21-20-28-67(65)68/h12-37,47,52-57,69-79,83-84,102,118-119H,38-46,48-51H2,1-11H3,(H2,100,120)(H2,101,124)(H,103,134)(H,104,121)(H,105,128)(H,106,129)(H,107,126)(H,108,125)(H,109,130)(H,110,127)(H,111,135)(H,112,136)(H,113,133)(H,114,131)(H,115,132)(H,122,123)/t56-,57-,69-,70-,71-,72-,73-,74-,75-,76-,77-,78-,79+,83-,84-/m0/s1. The van der Waals surface area contributed by atoms with E-state index in [1.807, 2.05) is 42.5 Å². The van der Waals surface area contributed by atoms with Crippen LogP contribution in [-0.4, -0.2) is 252 Å². The maximum absolute atomic E-state index is 15.5. The molecule has 21 N–H and O–H groups in total. The lowest BCUT2D eigenvalue weighted by atomic mass is 9.92. The summed E-state index contributed by atoms with van der Waals surface area (Å²) in [5.41, 5.74) is 16.4. The van der Waals surface area contributed by atoms with Gasteiger partial charge in [0, 0.05) is 68.5 Å². The number of benzene rings is 6. The van der Waals surface area contributed by atoms with Gasteiger partial charge >= 0.3 is 5.97 Å². The summed E-state index contributed by atoms with van der Waals surface area (Å²) in [6, 6.07) is 19.3. The fourth-order valence-corrected chi connectivity index (χ4v) is 16.9. The van der Waals surface area contributed by atoms with Gasteiger partial charge in [-0.15, -0.1) is 11.8 Å². The average molecular weight is 1940 g/mol. The number of nitrogens with zero attached hydrogens (tertiary/aromatic N) is 2. The number of phenolic OH excluding ortho intramolecular Hbond substituents is 1. The minimum absolute atomic E-state index is 0.125. The molecule has 0 unspecified atom stereocenters. The van der Waals surface area contributed by atoms with Crippen LogP contribution in [-0.2, 0) is 125 Å². The van der Waals surface area contributed by atoms with Gasteiger partial charge in [-0.05, 0) is 113 Å². The SMILES string of the molecule is CC(C)C[C@@H]1NC(=O)[C@H](Cc2c[nH]c3ccccc23)NC(=O)[C@H](CC(=O)O)NC(=O)[C@H](Cc2ccc(O)cc2)NC(=O)[C@H](Cc2ccccc2)NC(=O)CSC[C@@H](C(=O)N[C@@H](C)C(N)=O)NC(=O)[C@H](CO)NC(=O)[C@H](C(C)C)NC(=O)[C@H](CC(C)C)NC(=O)[C@H](CC(N)=O)NC(=O)[C@H]2Cc3ccccc3CN2C(=O)[C@H](C)N(C)C(=O)[C@H](C(C)C)NC(=O)[C@H](Cc2ccc(-c3ccccc3)cc2)NC1=O. The van der Waals surface area contributed by atoms with Crippen LogP contribution in [0.1, 0.15) is 128 Å². The van der Waals surface area contributed by atoms with Crippen molar-refractivity contribution < 1.29 is 102 Å². The van der Waals surface area contributed by atoms with E-state index in [4.69, 9.17) is 11.5 Å². The van der Waals surface area contributed by atoms with Gasteiger partial charge in [0.05, 0.1) is 25.2 Å². The number of aromatic amines is 1. The molecule has 0 radical (unpaired) electrons. The first kappa shape index (κ1) is 108. The average Bonchev–Trinajstić information content (AvgIpc) is 1.31. The van der Waals surface area contributed by atoms with Crippen molar-refractivity contribution >= 4 is 129 Å². The van der Waals surface area contributed by atoms with Crippen LogP contribution in [0.3, 0.4) is 0 Å². The Balaban J connectivity index is 1.12. The summed E-state index contributed by atoms with van der Waals surface area (Å²) in [7, 11) is 1.31. The number of thioether (sulfide) groups is 1. The summed E-state index contributed by atoms with van der Waals surface area (Å²) >= 11 is 0.705. The van der Waals surface area contributed by atoms with E-state index in [1.54, 1.807) is 139 Å². The van der Waals surface area contributed by atoms with E-state index >= 15 is 43.2 Å². The number of nitrogens with one attached hydrogen (secondary N) is 14. The van der Waals surface area contributed by atoms with Gasteiger partial charge in [0.1, 0.15) is 96.4 Å². The number of carbonyl (C=O) groups is 18. The molecular weight excluding hydrogens is 1810 g/mol. The van der Waals surface area contributed by atoms with Gasteiger partial charge < -0.3 is 111 Å². The number of likely N-dealkylation sites (N-methyl/N-ethyl adjacent to an activating group) is 1. The first-order valence-corrected chi connectivity index (χ1v) is 47.2. The van der Waals surface area contributed by atoms with E-state index in [0.29, 0.717) is 56.0 Å². The predicted molar refractivity (Wildman–Crippen MR) is 515 cm³/mol. The number of hydrogen-bond acceptors (Lipinski definition) is 21. The smallest absolute Gasteiger partial charge is 0.305 e. The topological polar surface area (TPSA) is 599 Å². The number of carbonyl (C=O) groups excluding carboxylic acids is 17. The summed E-state index contributed by atoms with van der Waals surface area (Å²) < 4.78 is 0. The Hall–Kier alpha value is -14.6. The number of aromatic nitrogens is 1. The highest BCUT2D eigenvalue weighted by atomic mass is 32.2. The zero-order valence-corrected chi connectivity index (χ0v) is 80.2. The third-order valence-electron chi connectivity index (χ3n) is 23.9. The first-order valence-electron chi connectivity index (χ1n) is 46.0. The molecule has 40 heteroatoms. The number of para-hydroxylation sites is 1. The molecule has 0 aliphatic carbocycles. The number of H-pyrrole nitrogens is 1. The van der Waals surface area contributed by atoms with Gasteiger partial charge in [-0.25, -0.2) is 0 Å². The van der Waals surface area contributed by atoms with Gasteiger partial charge in [-0.1, -0.05) is 195 Å². The number of aliphatic hydroxyl groups excluding tert-OH is 1. The number of hydrogen-bond donors (Lipinski definition) is 19. The highest BCUT2D eigenvalue weighted by Gasteiger charge is 2.44. The van der Waals surface area contributed by atoms with E-state index in [0.717, 1.165) is 16.0 Å². The minimum atomic E-state index is -2.07. The van der Waals surface area contributed by atoms with Crippen LogP contribution in [0.5, 0.6) is 5.75 Å². The molecule has 0 saturated carbocycles. The number of aliphatic carboxylic acids is 1. The molecule has 0 spiro atoms. The molecule has 6 aromatic carbocycles. The van der Waals surface area contributed by atoms with Crippen LogP contribution in [0.2, 0.25) is 0 Å². The lowest BCUT2D eigenvalue weighted by molar-refractivity contribution is -0.151. The van der Waals surface area contributed by atoms with E-state index < -0.39 is 258 Å². The van der Waals surface area contributed by atoms with Crippen LogP contribution >= 0.6 is 11.8 Å². The molecule has 2 aliphatic rings. The third kappa shape index (κ3) is 31.5. The van der Waals surface area contributed by atoms with Gasteiger partial charge in [0.15, 0.2) is 0 Å². The fourth-order valence-electron chi connectivity index (χ4n) is 16.0. The molecule has 744 valence electrons. The van der Waals surface area contributed by atoms with Crippen LogP contribution < -0.4 is 80.6 Å². The Morgan fingerprint density at radius 3 is 1.42 bits per heavy atom. The maximum atomic E-state index is 15.5. The highest BCUT2D eigenvalue weighted by molar-refractivity contribution is 8.00. The molecule has 139 heavy (non-hydrogen) atoms. The number of aliphatic hydroxyl groups is 1.